The Morgan fingerprint density at radius 3 is 2.33 bits per heavy atom. The Balaban J connectivity index is 2.19. The fourth-order valence-corrected chi connectivity index (χ4v) is 1.57. The van der Waals surface area contributed by atoms with Gasteiger partial charge in [-0.15, -0.1) is 0 Å². The SMILES string of the molecule is CC(C)CNC(C)CCc1ccccc1. The summed E-state index contributed by atoms with van der Waals surface area (Å²) in [5, 5.41) is 3.55. The van der Waals surface area contributed by atoms with Crippen LogP contribution >= 0.6 is 0 Å². The van der Waals surface area contributed by atoms with Crippen LogP contribution in [0.1, 0.15) is 32.8 Å². The monoisotopic (exact) mass is 205 g/mol. The molecule has 0 radical (unpaired) electrons. The molecule has 1 rings (SSSR count). The second-order valence-corrected chi connectivity index (χ2v) is 4.73. The molecule has 0 aliphatic heterocycles. The Hall–Kier alpha value is -0.820. The smallest absolute Gasteiger partial charge is 0.00420 e. The topological polar surface area (TPSA) is 12.0 Å². The van der Waals surface area contributed by atoms with Gasteiger partial charge >= 0.3 is 0 Å². The van der Waals surface area contributed by atoms with Crippen molar-refractivity contribution < 1.29 is 0 Å². The molecule has 1 aromatic carbocycles. The van der Waals surface area contributed by atoms with E-state index in [-0.39, 0.29) is 0 Å². The quantitative estimate of drug-likeness (QED) is 0.751. The zero-order chi connectivity index (χ0) is 11.1. The minimum atomic E-state index is 0.618. The van der Waals surface area contributed by atoms with Crippen molar-refractivity contribution in [3.05, 3.63) is 35.9 Å². The number of rotatable bonds is 6. The highest BCUT2D eigenvalue weighted by atomic mass is 14.9. The molecule has 1 heteroatoms. The largest absolute Gasteiger partial charge is 0.314 e. The first kappa shape index (κ1) is 12.3. The zero-order valence-corrected chi connectivity index (χ0v) is 10.2. The van der Waals surface area contributed by atoms with E-state index in [4.69, 9.17) is 0 Å². The van der Waals surface area contributed by atoms with Crippen LogP contribution in [0, 0.1) is 5.92 Å². The number of hydrogen-bond acceptors (Lipinski definition) is 1. The van der Waals surface area contributed by atoms with E-state index in [2.05, 4.69) is 56.4 Å². The number of nitrogens with one attached hydrogen (secondary N) is 1. The second-order valence-electron chi connectivity index (χ2n) is 4.73. The lowest BCUT2D eigenvalue weighted by Gasteiger charge is -2.15. The van der Waals surface area contributed by atoms with E-state index in [1.807, 2.05) is 0 Å². The van der Waals surface area contributed by atoms with Crippen molar-refractivity contribution in [3.8, 4) is 0 Å². The van der Waals surface area contributed by atoms with Crippen molar-refractivity contribution >= 4 is 0 Å². The molecule has 15 heavy (non-hydrogen) atoms. The van der Waals surface area contributed by atoms with E-state index < -0.39 is 0 Å². The van der Waals surface area contributed by atoms with Gasteiger partial charge in [-0.3, -0.25) is 0 Å². The van der Waals surface area contributed by atoms with Crippen molar-refractivity contribution in [3.63, 3.8) is 0 Å². The Morgan fingerprint density at radius 1 is 1.07 bits per heavy atom. The van der Waals surface area contributed by atoms with Crippen LogP contribution in [0.15, 0.2) is 30.3 Å². The summed E-state index contributed by atoms with van der Waals surface area (Å²) >= 11 is 0. The molecule has 0 spiro atoms. The summed E-state index contributed by atoms with van der Waals surface area (Å²) in [6.07, 6.45) is 2.39. The third-order valence-corrected chi connectivity index (χ3v) is 2.58. The van der Waals surface area contributed by atoms with Crippen LogP contribution in [0.5, 0.6) is 0 Å². The molecule has 0 heterocycles. The van der Waals surface area contributed by atoms with Crippen molar-refractivity contribution in [2.75, 3.05) is 6.54 Å². The van der Waals surface area contributed by atoms with Gasteiger partial charge in [-0.25, -0.2) is 0 Å². The molecule has 1 aromatic rings. The van der Waals surface area contributed by atoms with E-state index in [9.17, 15) is 0 Å². The Morgan fingerprint density at radius 2 is 1.73 bits per heavy atom. The lowest BCUT2D eigenvalue weighted by atomic mass is 10.1. The molecule has 1 N–H and O–H groups in total. The van der Waals surface area contributed by atoms with Gasteiger partial charge in [-0.1, -0.05) is 44.2 Å². The van der Waals surface area contributed by atoms with E-state index in [0.29, 0.717) is 6.04 Å². The number of benzene rings is 1. The number of hydrogen-bond donors (Lipinski definition) is 1. The van der Waals surface area contributed by atoms with Crippen LogP contribution in [-0.4, -0.2) is 12.6 Å². The van der Waals surface area contributed by atoms with E-state index in [0.717, 1.165) is 12.5 Å². The fraction of sp³-hybridized carbons (Fsp3) is 0.571. The molecule has 0 saturated heterocycles. The average Bonchev–Trinajstić information content (AvgIpc) is 2.25. The maximum Gasteiger partial charge on any atom is 0.00420 e. The minimum Gasteiger partial charge on any atom is -0.314 e. The Labute approximate surface area is 93.9 Å². The zero-order valence-electron chi connectivity index (χ0n) is 10.2. The summed E-state index contributed by atoms with van der Waals surface area (Å²) in [6.45, 7) is 7.88. The molecular formula is C14H23N. The normalized spacial score (nSPS) is 13.1. The van der Waals surface area contributed by atoms with E-state index >= 15 is 0 Å². The van der Waals surface area contributed by atoms with Gasteiger partial charge in [0.25, 0.3) is 0 Å². The molecule has 1 unspecified atom stereocenters. The number of aryl methyl sites for hydroxylation is 1. The average molecular weight is 205 g/mol. The lowest BCUT2D eigenvalue weighted by Crippen LogP contribution is -2.29. The summed E-state index contributed by atoms with van der Waals surface area (Å²) in [5.74, 6) is 0.740. The van der Waals surface area contributed by atoms with Gasteiger partial charge in [0.1, 0.15) is 0 Å². The van der Waals surface area contributed by atoms with Crippen LogP contribution in [0.4, 0.5) is 0 Å². The van der Waals surface area contributed by atoms with Gasteiger partial charge in [0.15, 0.2) is 0 Å². The first-order valence-electron chi connectivity index (χ1n) is 5.96. The van der Waals surface area contributed by atoms with Crippen molar-refractivity contribution in [2.45, 2.75) is 39.7 Å². The predicted octanol–water partition coefficient (Wildman–Crippen LogP) is 3.25. The molecule has 84 valence electrons. The van der Waals surface area contributed by atoms with Crippen LogP contribution in [0.2, 0.25) is 0 Å². The van der Waals surface area contributed by atoms with Gasteiger partial charge < -0.3 is 5.32 Å². The van der Waals surface area contributed by atoms with Crippen LogP contribution in [-0.2, 0) is 6.42 Å². The molecule has 0 aromatic heterocycles. The summed E-state index contributed by atoms with van der Waals surface area (Å²) in [4.78, 5) is 0. The van der Waals surface area contributed by atoms with Gasteiger partial charge in [-0.05, 0) is 37.8 Å². The maximum atomic E-state index is 3.55. The molecule has 0 fully saturated rings. The van der Waals surface area contributed by atoms with E-state index in [1.54, 1.807) is 0 Å². The van der Waals surface area contributed by atoms with E-state index in [1.165, 1.54) is 18.4 Å². The molecule has 0 aliphatic carbocycles. The predicted molar refractivity (Wildman–Crippen MR) is 67.1 cm³/mol. The molecule has 0 aliphatic rings. The first-order chi connectivity index (χ1) is 7.18. The summed E-state index contributed by atoms with van der Waals surface area (Å²) in [5.41, 5.74) is 1.44. The van der Waals surface area contributed by atoms with Crippen LogP contribution in [0.25, 0.3) is 0 Å². The summed E-state index contributed by atoms with van der Waals surface area (Å²) in [7, 11) is 0. The highest BCUT2D eigenvalue weighted by Crippen LogP contribution is 2.04. The minimum absolute atomic E-state index is 0.618. The molecule has 0 saturated carbocycles. The van der Waals surface area contributed by atoms with Crippen molar-refractivity contribution in [2.24, 2.45) is 5.92 Å². The third kappa shape index (κ3) is 5.58. The first-order valence-corrected chi connectivity index (χ1v) is 5.96. The van der Waals surface area contributed by atoms with Gasteiger partial charge in [0.2, 0.25) is 0 Å². The maximum absolute atomic E-state index is 3.55. The third-order valence-electron chi connectivity index (χ3n) is 2.58. The van der Waals surface area contributed by atoms with Gasteiger partial charge in [-0.2, -0.15) is 0 Å². The highest BCUT2D eigenvalue weighted by Gasteiger charge is 2.02. The van der Waals surface area contributed by atoms with Crippen LogP contribution < -0.4 is 5.32 Å². The summed E-state index contributed by atoms with van der Waals surface area (Å²) < 4.78 is 0. The second kappa shape index (κ2) is 6.62. The molecule has 1 nitrogen and oxygen atoms in total. The highest BCUT2D eigenvalue weighted by molar-refractivity contribution is 5.14. The molecule has 0 bridgehead atoms. The van der Waals surface area contributed by atoms with Crippen LogP contribution in [0.3, 0.4) is 0 Å². The molecule has 1 atom stereocenters. The van der Waals surface area contributed by atoms with Crippen molar-refractivity contribution in [1.29, 1.82) is 0 Å². The van der Waals surface area contributed by atoms with Crippen molar-refractivity contribution in [1.82, 2.24) is 5.32 Å². The Bertz CT molecular complexity index is 253. The molecule has 0 amide bonds. The standard InChI is InChI=1S/C14H23N/c1-12(2)11-15-13(3)9-10-14-7-5-4-6-8-14/h4-8,12-13,15H,9-11H2,1-3H3. The van der Waals surface area contributed by atoms with Gasteiger partial charge in [0, 0.05) is 6.04 Å². The lowest BCUT2D eigenvalue weighted by molar-refractivity contribution is 0.464. The summed E-state index contributed by atoms with van der Waals surface area (Å²) in [6, 6.07) is 11.3. The Kier molecular flexibility index (Phi) is 5.41. The fourth-order valence-electron chi connectivity index (χ4n) is 1.57. The van der Waals surface area contributed by atoms with Gasteiger partial charge in [0.05, 0.1) is 0 Å². The molecular weight excluding hydrogens is 182 g/mol.